The van der Waals surface area contributed by atoms with Crippen LogP contribution in [0.5, 0.6) is 0 Å². The Hall–Kier alpha value is -1.51. The molecule has 0 aliphatic heterocycles. The van der Waals surface area contributed by atoms with Gasteiger partial charge in [0.05, 0.1) is 0 Å². The molecule has 2 bridgehead atoms. The summed E-state index contributed by atoms with van der Waals surface area (Å²) in [6.07, 6.45) is 6.07. The normalized spacial score (nSPS) is 28.9. The lowest BCUT2D eigenvalue weighted by atomic mass is 9.85. The maximum Gasteiger partial charge on any atom is 0.407 e. The molecule has 3 heteroatoms. The van der Waals surface area contributed by atoms with E-state index < -0.39 is 0 Å². The van der Waals surface area contributed by atoms with Crippen LogP contribution in [0.3, 0.4) is 0 Å². The van der Waals surface area contributed by atoms with Crippen molar-refractivity contribution in [2.24, 2.45) is 11.8 Å². The molecule has 3 rings (SSSR count). The Labute approximate surface area is 114 Å². The minimum Gasteiger partial charge on any atom is -0.445 e. The van der Waals surface area contributed by atoms with Crippen LogP contribution in [0.2, 0.25) is 0 Å². The molecule has 3 nitrogen and oxygen atoms in total. The fourth-order valence-corrected chi connectivity index (χ4v) is 3.56. The third kappa shape index (κ3) is 3.28. The fraction of sp³-hybridized carbons (Fsp3) is 0.562. The zero-order valence-electron chi connectivity index (χ0n) is 11.2. The number of ether oxygens (including phenoxy) is 1. The molecule has 0 aromatic heterocycles. The van der Waals surface area contributed by atoms with Gasteiger partial charge in [0.15, 0.2) is 0 Å². The summed E-state index contributed by atoms with van der Waals surface area (Å²) in [5.74, 6) is 1.66. The van der Waals surface area contributed by atoms with Crippen molar-refractivity contribution in [2.75, 3.05) is 0 Å². The molecule has 19 heavy (non-hydrogen) atoms. The van der Waals surface area contributed by atoms with E-state index in [1.165, 1.54) is 19.3 Å². The first kappa shape index (κ1) is 12.5. The zero-order chi connectivity index (χ0) is 13.1. The van der Waals surface area contributed by atoms with Gasteiger partial charge in [0.1, 0.15) is 6.61 Å². The highest BCUT2D eigenvalue weighted by atomic mass is 16.5. The van der Waals surface area contributed by atoms with Crippen molar-refractivity contribution in [1.82, 2.24) is 5.32 Å². The molecule has 2 fully saturated rings. The van der Waals surface area contributed by atoms with Crippen molar-refractivity contribution in [3.05, 3.63) is 35.9 Å². The molecular weight excluding hydrogens is 238 g/mol. The molecule has 1 amide bonds. The molecule has 102 valence electrons. The Morgan fingerprint density at radius 3 is 2.47 bits per heavy atom. The van der Waals surface area contributed by atoms with Gasteiger partial charge < -0.3 is 10.1 Å². The van der Waals surface area contributed by atoms with E-state index in [1.54, 1.807) is 0 Å². The van der Waals surface area contributed by atoms with Crippen LogP contribution < -0.4 is 5.32 Å². The van der Waals surface area contributed by atoms with Gasteiger partial charge >= 0.3 is 6.09 Å². The van der Waals surface area contributed by atoms with Crippen LogP contribution in [-0.2, 0) is 11.3 Å². The summed E-state index contributed by atoms with van der Waals surface area (Å²) in [4.78, 5) is 11.8. The van der Waals surface area contributed by atoms with E-state index in [4.69, 9.17) is 4.74 Å². The van der Waals surface area contributed by atoms with E-state index in [0.29, 0.717) is 12.6 Å². The van der Waals surface area contributed by atoms with Crippen LogP contribution in [0.25, 0.3) is 0 Å². The summed E-state index contributed by atoms with van der Waals surface area (Å²) >= 11 is 0. The van der Waals surface area contributed by atoms with E-state index >= 15 is 0 Å². The van der Waals surface area contributed by atoms with Gasteiger partial charge in [-0.05, 0) is 36.7 Å². The highest BCUT2D eigenvalue weighted by Crippen LogP contribution is 2.41. The molecule has 0 saturated heterocycles. The number of alkyl carbamates (subject to hydrolysis) is 1. The Morgan fingerprint density at radius 2 is 1.79 bits per heavy atom. The highest BCUT2D eigenvalue weighted by Gasteiger charge is 2.34. The van der Waals surface area contributed by atoms with E-state index in [0.717, 1.165) is 30.2 Å². The van der Waals surface area contributed by atoms with Gasteiger partial charge in [0.25, 0.3) is 0 Å². The van der Waals surface area contributed by atoms with Gasteiger partial charge in [-0.15, -0.1) is 0 Å². The quantitative estimate of drug-likeness (QED) is 0.902. The standard InChI is InChI=1S/C16H21NO2/c18-16(19-11-12-4-2-1-3-5-12)17-15-9-13-6-7-14(8-13)10-15/h1-5,13-15H,6-11H2,(H,17,18)/t13-,14+,15-. The number of amides is 1. The molecule has 2 aliphatic carbocycles. The van der Waals surface area contributed by atoms with Crippen LogP contribution in [-0.4, -0.2) is 12.1 Å². The first-order valence-electron chi connectivity index (χ1n) is 7.27. The second-order valence-corrected chi connectivity index (χ2v) is 5.92. The summed E-state index contributed by atoms with van der Waals surface area (Å²) in [6, 6.07) is 10.1. The van der Waals surface area contributed by atoms with Crippen LogP contribution in [0.4, 0.5) is 4.79 Å². The van der Waals surface area contributed by atoms with Crippen LogP contribution in [0.15, 0.2) is 30.3 Å². The first-order chi connectivity index (χ1) is 9.29. The van der Waals surface area contributed by atoms with E-state index in [9.17, 15) is 4.79 Å². The van der Waals surface area contributed by atoms with Crippen molar-refractivity contribution in [3.63, 3.8) is 0 Å². The molecule has 2 aliphatic rings. The van der Waals surface area contributed by atoms with Crippen LogP contribution in [0.1, 0.15) is 37.7 Å². The Balaban J connectivity index is 1.44. The molecule has 1 aromatic rings. The predicted octanol–water partition coefficient (Wildman–Crippen LogP) is 3.49. The number of nitrogens with one attached hydrogen (secondary N) is 1. The maximum absolute atomic E-state index is 11.8. The van der Waals surface area contributed by atoms with Crippen molar-refractivity contribution in [3.8, 4) is 0 Å². The highest BCUT2D eigenvalue weighted by molar-refractivity contribution is 5.67. The number of fused-ring (bicyclic) bond motifs is 2. The lowest BCUT2D eigenvalue weighted by Crippen LogP contribution is -2.39. The third-order valence-corrected chi connectivity index (χ3v) is 4.42. The van der Waals surface area contributed by atoms with E-state index in [-0.39, 0.29) is 6.09 Å². The summed E-state index contributed by atoms with van der Waals surface area (Å²) in [5, 5.41) is 3.03. The molecule has 3 atom stereocenters. The molecule has 1 N–H and O–H groups in total. The smallest absolute Gasteiger partial charge is 0.407 e. The molecule has 0 radical (unpaired) electrons. The average molecular weight is 259 g/mol. The molecule has 0 spiro atoms. The Bertz CT molecular complexity index is 420. The van der Waals surface area contributed by atoms with Gasteiger partial charge in [-0.3, -0.25) is 0 Å². The van der Waals surface area contributed by atoms with E-state index in [1.807, 2.05) is 30.3 Å². The number of carbonyl (C=O) groups excluding carboxylic acids is 1. The molecule has 2 saturated carbocycles. The number of hydrogen-bond donors (Lipinski definition) is 1. The van der Waals surface area contributed by atoms with E-state index in [2.05, 4.69) is 5.32 Å². The number of carbonyl (C=O) groups is 1. The van der Waals surface area contributed by atoms with Gasteiger partial charge in [0, 0.05) is 6.04 Å². The van der Waals surface area contributed by atoms with Gasteiger partial charge in [0.2, 0.25) is 0 Å². The van der Waals surface area contributed by atoms with Crippen molar-refractivity contribution in [1.29, 1.82) is 0 Å². The largest absolute Gasteiger partial charge is 0.445 e. The number of rotatable bonds is 3. The monoisotopic (exact) mass is 259 g/mol. The van der Waals surface area contributed by atoms with Crippen molar-refractivity contribution in [2.45, 2.75) is 44.8 Å². The Kier molecular flexibility index (Phi) is 3.72. The minimum absolute atomic E-state index is 0.268. The second kappa shape index (κ2) is 5.64. The summed E-state index contributed by atoms with van der Waals surface area (Å²) in [5.41, 5.74) is 1.03. The molecular formula is C16H21NO2. The Morgan fingerprint density at radius 1 is 1.11 bits per heavy atom. The SMILES string of the molecule is O=C(N[C@@H]1C[C@@H]2CC[C@@H](C2)C1)OCc1ccccc1. The second-order valence-electron chi connectivity index (χ2n) is 5.92. The first-order valence-corrected chi connectivity index (χ1v) is 7.27. The minimum atomic E-state index is -0.268. The van der Waals surface area contributed by atoms with Crippen LogP contribution in [0, 0.1) is 11.8 Å². The van der Waals surface area contributed by atoms with Crippen molar-refractivity contribution >= 4 is 6.09 Å². The van der Waals surface area contributed by atoms with Gasteiger partial charge in [-0.25, -0.2) is 4.79 Å². The summed E-state index contributed by atoms with van der Waals surface area (Å²) in [6.45, 7) is 0.353. The lowest BCUT2D eigenvalue weighted by Gasteiger charge is -2.27. The average Bonchev–Trinajstić information content (AvgIpc) is 2.77. The summed E-state index contributed by atoms with van der Waals surface area (Å²) < 4.78 is 5.27. The number of hydrogen-bond acceptors (Lipinski definition) is 2. The zero-order valence-corrected chi connectivity index (χ0v) is 11.2. The summed E-state index contributed by atoms with van der Waals surface area (Å²) in [7, 11) is 0. The predicted molar refractivity (Wildman–Crippen MR) is 73.6 cm³/mol. The number of benzene rings is 1. The fourth-order valence-electron chi connectivity index (χ4n) is 3.56. The van der Waals surface area contributed by atoms with Crippen LogP contribution >= 0.6 is 0 Å². The molecule has 0 heterocycles. The molecule has 1 aromatic carbocycles. The third-order valence-electron chi connectivity index (χ3n) is 4.42. The maximum atomic E-state index is 11.8. The van der Waals surface area contributed by atoms with Crippen molar-refractivity contribution < 1.29 is 9.53 Å². The lowest BCUT2D eigenvalue weighted by molar-refractivity contribution is 0.130. The molecule has 0 unspecified atom stereocenters. The van der Waals surface area contributed by atoms with Gasteiger partial charge in [-0.1, -0.05) is 43.2 Å². The van der Waals surface area contributed by atoms with Gasteiger partial charge in [-0.2, -0.15) is 0 Å². The topological polar surface area (TPSA) is 38.3 Å².